The van der Waals surface area contributed by atoms with Crippen molar-refractivity contribution in [2.45, 2.75) is 37.8 Å². The largest absolute Gasteiger partial charge is 0.489 e. The summed E-state index contributed by atoms with van der Waals surface area (Å²) in [4.78, 5) is 11.1. The maximum absolute atomic E-state index is 11.1. The molecule has 1 aliphatic carbocycles. The first-order chi connectivity index (χ1) is 8.69. The highest BCUT2D eigenvalue weighted by Crippen LogP contribution is 2.23. The van der Waals surface area contributed by atoms with Crippen molar-refractivity contribution in [1.29, 1.82) is 0 Å². The summed E-state index contributed by atoms with van der Waals surface area (Å²) in [6.45, 7) is 0. The molecule has 0 aromatic heterocycles. The second kappa shape index (κ2) is 5.87. The molecule has 0 saturated heterocycles. The van der Waals surface area contributed by atoms with Crippen molar-refractivity contribution >= 4 is 5.97 Å². The molecule has 0 spiro atoms. The van der Waals surface area contributed by atoms with Crippen LogP contribution in [0, 0.1) is 0 Å². The number of ether oxygens (including phenoxy) is 2. The van der Waals surface area contributed by atoms with E-state index in [1.54, 1.807) is 0 Å². The third-order valence-electron chi connectivity index (χ3n) is 3.29. The molecular formula is C14H19NO3. The number of nitrogens with two attached hydrogens (primary N) is 1. The van der Waals surface area contributed by atoms with E-state index in [4.69, 9.17) is 10.5 Å². The number of carbonyl (C=O) groups excluding carboxylic acids is 1. The van der Waals surface area contributed by atoms with Gasteiger partial charge in [0.2, 0.25) is 0 Å². The molecule has 1 aromatic carbocycles. The second-order valence-corrected chi connectivity index (χ2v) is 4.65. The normalized spacial score (nSPS) is 22.8. The van der Waals surface area contributed by atoms with E-state index in [-0.39, 0.29) is 18.1 Å². The van der Waals surface area contributed by atoms with Crippen LogP contribution in [0.15, 0.2) is 24.3 Å². The smallest absolute Gasteiger partial charge is 0.309 e. The van der Waals surface area contributed by atoms with Crippen LogP contribution in [-0.2, 0) is 16.0 Å². The predicted molar refractivity (Wildman–Crippen MR) is 68.4 cm³/mol. The molecule has 4 nitrogen and oxygen atoms in total. The van der Waals surface area contributed by atoms with E-state index in [9.17, 15) is 4.79 Å². The average Bonchev–Trinajstić information content (AvgIpc) is 2.77. The van der Waals surface area contributed by atoms with Crippen LogP contribution in [0.1, 0.15) is 24.8 Å². The molecule has 2 rings (SSSR count). The van der Waals surface area contributed by atoms with Crippen LogP contribution >= 0.6 is 0 Å². The minimum absolute atomic E-state index is 0.122. The highest BCUT2D eigenvalue weighted by atomic mass is 16.5. The molecule has 18 heavy (non-hydrogen) atoms. The molecule has 2 atom stereocenters. The molecule has 98 valence electrons. The van der Waals surface area contributed by atoms with E-state index < -0.39 is 0 Å². The van der Waals surface area contributed by atoms with Gasteiger partial charge in [-0.15, -0.1) is 0 Å². The second-order valence-electron chi connectivity index (χ2n) is 4.65. The van der Waals surface area contributed by atoms with Gasteiger partial charge in [-0.05, 0) is 37.0 Å². The predicted octanol–water partition coefficient (Wildman–Crippen LogP) is 1.66. The van der Waals surface area contributed by atoms with Gasteiger partial charge in [0.05, 0.1) is 13.5 Å². The molecule has 1 saturated carbocycles. The molecule has 0 aliphatic heterocycles. The van der Waals surface area contributed by atoms with E-state index in [0.29, 0.717) is 6.42 Å². The molecule has 2 unspecified atom stereocenters. The molecule has 4 heteroatoms. The summed E-state index contributed by atoms with van der Waals surface area (Å²) in [5, 5.41) is 0. The lowest BCUT2D eigenvalue weighted by Crippen LogP contribution is -2.33. The van der Waals surface area contributed by atoms with E-state index in [0.717, 1.165) is 30.6 Å². The zero-order valence-corrected chi connectivity index (χ0v) is 10.6. The molecule has 1 aromatic rings. The van der Waals surface area contributed by atoms with Crippen molar-refractivity contribution in [1.82, 2.24) is 0 Å². The van der Waals surface area contributed by atoms with Crippen molar-refractivity contribution in [3.05, 3.63) is 29.8 Å². The van der Waals surface area contributed by atoms with Gasteiger partial charge in [0.1, 0.15) is 11.9 Å². The third-order valence-corrected chi connectivity index (χ3v) is 3.29. The number of benzene rings is 1. The summed E-state index contributed by atoms with van der Waals surface area (Å²) in [6.07, 6.45) is 3.60. The Hall–Kier alpha value is -1.55. The van der Waals surface area contributed by atoms with Crippen molar-refractivity contribution in [2.75, 3.05) is 7.11 Å². The van der Waals surface area contributed by atoms with Crippen LogP contribution in [-0.4, -0.2) is 25.2 Å². The molecular weight excluding hydrogens is 230 g/mol. The molecule has 1 fully saturated rings. The standard InChI is InChI=1S/C14H19NO3/c1-17-14(16)9-10-5-7-11(8-6-10)18-13-4-2-3-12(13)15/h5-8,12-13H,2-4,9,15H2,1H3. The molecule has 0 amide bonds. The summed E-state index contributed by atoms with van der Waals surface area (Å²) in [5.74, 6) is 0.576. The molecule has 0 heterocycles. The van der Waals surface area contributed by atoms with Crippen LogP contribution < -0.4 is 10.5 Å². The van der Waals surface area contributed by atoms with E-state index >= 15 is 0 Å². The molecule has 1 aliphatic rings. The van der Waals surface area contributed by atoms with Gasteiger partial charge in [-0.3, -0.25) is 4.79 Å². The minimum atomic E-state index is -0.235. The van der Waals surface area contributed by atoms with Gasteiger partial charge < -0.3 is 15.2 Å². The summed E-state index contributed by atoms with van der Waals surface area (Å²) in [5.41, 5.74) is 6.88. The number of hydrogen-bond acceptors (Lipinski definition) is 4. The first kappa shape index (κ1) is 12.9. The van der Waals surface area contributed by atoms with Gasteiger partial charge in [-0.25, -0.2) is 0 Å². The maximum Gasteiger partial charge on any atom is 0.309 e. The van der Waals surface area contributed by atoms with Gasteiger partial charge in [-0.2, -0.15) is 0 Å². The Morgan fingerprint density at radius 3 is 2.61 bits per heavy atom. The van der Waals surface area contributed by atoms with E-state index in [1.807, 2.05) is 24.3 Å². The van der Waals surface area contributed by atoms with Gasteiger partial charge in [0.25, 0.3) is 0 Å². The lowest BCUT2D eigenvalue weighted by molar-refractivity contribution is -0.139. The van der Waals surface area contributed by atoms with Gasteiger partial charge >= 0.3 is 5.97 Å². The topological polar surface area (TPSA) is 61.5 Å². The molecule has 2 N–H and O–H groups in total. The van der Waals surface area contributed by atoms with Crippen LogP contribution in [0.3, 0.4) is 0 Å². The molecule has 0 bridgehead atoms. The summed E-state index contributed by atoms with van der Waals surface area (Å²) in [6, 6.07) is 7.66. The van der Waals surface area contributed by atoms with Crippen LogP contribution in [0.25, 0.3) is 0 Å². The lowest BCUT2D eigenvalue weighted by atomic mass is 10.1. The first-order valence-electron chi connectivity index (χ1n) is 6.27. The Kier molecular flexibility index (Phi) is 4.20. The number of rotatable bonds is 4. The van der Waals surface area contributed by atoms with Gasteiger partial charge in [-0.1, -0.05) is 12.1 Å². The van der Waals surface area contributed by atoms with E-state index in [2.05, 4.69) is 4.74 Å². The molecule has 0 radical (unpaired) electrons. The highest BCUT2D eigenvalue weighted by Gasteiger charge is 2.25. The fourth-order valence-electron chi connectivity index (χ4n) is 2.20. The first-order valence-corrected chi connectivity index (χ1v) is 6.27. The highest BCUT2D eigenvalue weighted by molar-refractivity contribution is 5.72. The average molecular weight is 249 g/mol. The Balaban J connectivity index is 1.93. The Bertz CT molecular complexity index is 402. The Morgan fingerprint density at radius 2 is 2.06 bits per heavy atom. The number of hydrogen-bond donors (Lipinski definition) is 1. The van der Waals surface area contributed by atoms with Crippen molar-refractivity contribution in [3.63, 3.8) is 0 Å². The van der Waals surface area contributed by atoms with Crippen molar-refractivity contribution in [2.24, 2.45) is 5.73 Å². The fourth-order valence-corrected chi connectivity index (χ4v) is 2.20. The number of esters is 1. The number of carbonyl (C=O) groups is 1. The Labute approximate surface area is 107 Å². The Morgan fingerprint density at radius 1 is 1.33 bits per heavy atom. The van der Waals surface area contributed by atoms with Crippen LogP contribution in [0.2, 0.25) is 0 Å². The minimum Gasteiger partial charge on any atom is -0.489 e. The number of methoxy groups -OCH3 is 1. The quantitative estimate of drug-likeness (QED) is 0.824. The lowest BCUT2D eigenvalue weighted by Gasteiger charge is -2.17. The SMILES string of the molecule is COC(=O)Cc1ccc(OC2CCCC2N)cc1. The maximum atomic E-state index is 11.1. The van der Waals surface area contributed by atoms with Crippen LogP contribution in [0.4, 0.5) is 0 Å². The van der Waals surface area contributed by atoms with Gasteiger partial charge in [0, 0.05) is 6.04 Å². The third kappa shape index (κ3) is 3.23. The van der Waals surface area contributed by atoms with Crippen molar-refractivity contribution in [3.8, 4) is 5.75 Å². The zero-order valence-electron chi connectivity index (χ0n) is 10.6. The van der Waals surface area contributed by atoms with E-state index in [1.165, 1.54) is 7.11 Å². The van der Waals surface area contributed by atoms with Gasteiger partial charge in [0.15, 0.2) is 0 Å². The fraction of sp³-hybridized carbons (Fsp3) is 0.500. The summed E-state index contributed by atoms with van der Waals surface area (Å²) in [7, 11) is 1.39. The summed E-state index contributed by atoms with van der Waals surface area (Å²) < 4.78 is 10.5. The van der Waals surface area contributed by atoms with Crippen molar-refractivity contribution < 1.29 is 14.3 Å². The summed E-state index contributed by atoms with van der Waals surface area (Å²) >= 11 is 0. The monoisotopic (exact) mass is 249 g/mol. The van der Waals surface area contributed by atoms with Crippen LogP contribution in [0.5, 0.6) is 5.75 Å². The zero-order chi connectivity index (χ0) is 13.0.